The van der Waals surface area contributed by atoms with Gasteiger partial charge in [-0.25, -0.2) is 4.98 Å². The predicted molar refractivity (Wildman–Crippen MR) is 90.3 cm³/mol. The topological polar surface area (TPSA) is 36.4 Å². The zero-order chi connectivity index (χ0) is 15.4. The number of pyridine rings is 1. The number of hydrogen-bond acceptors (Lipinski definition) is 4. The van der Waals surface area contributed by atoms with E-state index in [1.54, 1.807) is 6.20 Å². The van der Waals surface area contributed by atoms with Crippen molar-refractivity contribution in [3.8, 4) is 0 Å². The van der Waals surface area contributed by atoms with E-state index in [4.69, 9.17) is 0 Å². The highest BCUT2D eigenvalue weighted by Crippen LogP contribution is 2.24. The summed E-state index contributed by atoms with van der Waals surface area (Å²) in [6, 6.07) is 3.93. The first-order valence-electron chi connectivity index (χ1n) is 8.29. The van der Waals surface area contributed by atoms with E-state index in [-0.39, 0.29) is 5.91 Å². The first-order valence-corrected chi connectivity index (χ1v) is 9.27. The Morgan fingerprint density at radius 3 is 2.77 bits per heavy atom. The second-order valence-electron chi connectivity index (χ2n) is 6.47. The molecule has 1 atom stereocenters. The van der Waals surface area contributed by atoms with E-state index in [1.165, 1.54) is 25.9 Å². The predicted octanol–water partition coefficient (Wildman–Crippen LogP) is 2.75. The van der Waals surface area contributed by atoms with Gasteiger partial charge in [-0.15, -0.1) is 11.8 Å². The molecule has 22 heavy (non-hydrogen) atoms. The molecule has 1 aromatic heterocycles. The zero-order valence-corrected chi connectivity index (χ0v) is 14.1. The Hall–Kier alpha value is -1.07. The summed E-state index contributed by atoms with van der Waals surface area (Å²) >= 11 is 1.82. The van der Waals surface area contributed by atoms with Crippen molar-refractivity contribution in [2.24, 2.45) is 5.92 Å². The molecule has 5 heteroatoms. The molecule has 0 aromatic carbocycles. The molecule has 0 bridgehead atoms. The van der Waals surface area contributed by atoms with Crippen LogP contribution in [-0.2, 0) is 0 Å². The molecule has 120 valence electrons. The van der Waals surface area contributed by atoms with Gasteiger partial charge in [0.2, 0.25) is 0 Å². The van der Waals surface area contributed by atoms with Crippen LogP contribution >= 0.6 is 11.8 Å². The van der Waals surface area contributed by atoms with Crippen LogP contribution in [0, 0.1) is 5.92 Å². The van der Waals surface area contributed by atoms with E-state index in [2.05, 4.69) is 16.9 Å². The summed E-state index contributed by atoms with van der Waals surface area (Å²) in [5, 5.41) is 1.03. The number of likely N-dealkylation sites (tertiary alicyclic amines) is 2. The lowest BCUT2D eigenvalue weighted by Gasteiger charge is -2.29. The van der Waals surface area contributed by atoms with E-state index >= 15 is 0 Å². The summed E-state index contributed by atoms with van der Waals surface area (Å²) in [5.74, 6) is 2.02. The molecule has 2 fully saturated rings. The van der Waals surface area contributed by atoms with Crippen molar-refractivity contribution in [3.05, 3.63) is 23.9 Å². The number of piperidine rings is 1. The molecule has 1 amide bonds. The van der Waals surface area contributed by atoms with Crippen molar-refractivity contribution >= 4 is 17.7 Å². The van der Waals surface area contributed by atoms with E-state index < -0.39 is 0 Å². The van der Waals surface area contributed by atoms with Gasteiger partial charge in [-0.1, -0.05) is 0 Å². The minimum absolute atomic E-state index is 0.135. The van der Waals surface area contributed by atoms with E-state index in [0.29, 0.717) is 0 Å². The lowest BCUT2D eigenvalue weighted by Crippen LogP contribution is -2.33. The van der Waals surface area contributed by atoms with Gasteiger partial charge < -0.3 is 9.80 Å². The smallest absolute Gasteiger partial charge is 0.255 e. The number of carbonyl (C=O) groups excluding carboxylic acids is 1. The summed E-state index contributed by atoms with van der Waals surface area (Å²) < 4.78 is 0. The van der Waals surface area contributed by atoms with Crippen LogP contribution in [0.15, 0.2) is 23.4 Å². The van der Waals surface area contributed by atoms with E-state index in [1.807, 2.05) is 28.8 Å². The molecule has 0 N–H and O–H groups in total. The third-order valence-electron chi connectivity index (χ3n) is 4.57. The van der Waals surface area contributed by atoms with Crippen LogP contribution in [0.4, 0.5) is 0 Å². The molecule has 2 aliphatic heterocycles. The SMILES string of the molecule is CN1CCC[C@H](CSc2ccc(C(=O)N3CCCC3)cn2)C1. The normalized spacial score (nSPS) is 23.0. The number of aromatic nitrogens is 1. The Kier molecular flexibility index (Phi) is 5.37. The average Bonchev–Trinajstić information content (AvgIpc) is 3.07. The van der Waals surface area contributed by atoms with Crippen molar-refractivity contribution in [1.29, 1.82) is 0 Å². The maximum atomic E-state index is 12.3. The maximum Gasteiger partial charge on any atom is 0.255 e. The quantitative estimate of drug-likeness (QED) is 0.800. The minimum Gasteiger partial charge on any atom is -0.339 e. The van der Waals surface area contributed by atoms with Gasteiger partial charge in [-0.05, 0) is 57.3 Å². The van der Waals surface area contributed by atoms with Gasteiger partial charge in [0.1, 0.15) is 0 Å². The van der Waals surface area contributed by atoms with Gasteiger partial charge in [-0.3, -0.25) is 4.79 Å². The maximum absolute atomic E-state index is 12.3. The molecule has 3 rings (SSSR count). The highest BCUT2D eigenvalue weighted by Gasteiger charge is 2.20. The van der Waals surface area contributed by atoms with Crippen LogP contribution < -0.4 is 0 Å². The minimum atomic E-state index is 0.135. The number of carbonyl (C=O) groups is 1. The van der Waals surface area contributed by atoms with Crippen LogP contribution in [0.2, 0.25) is 0 Å². The number of nitrogens with zero attached hydrogens (tertiary/aromatic N) is 3. The van der Waals surface area contributed by atoms with Crippen LogP contribution in [-0.4, -0.2) is 59.7 Å². The Morgan fingerprint density at radius 1 is 1.27 bits per heavy atom. The fourth-order valence-electron chi connectivity index (χ4n) is 3.31. The molecule has 2 saturated heterocycles. The van der Waals surface area contributed by atoms with Gasteiger partial charge in [0.05, 0.1) is 10.6 Å². The van der Waals surface area contributed by atoms with Gasteiger partial charge in [0.25, 0.3) is 5.91 Å². The standard InChI is InChI=1S/C17H25N3OS/c1-19-8-4-5-14(12-19)13-22-16-7-6-15(11-18-16)17(21)20-9-2-3-10-20/h6-7,11,14H,2-5,8-10,12-13H2,1H3/t14-/m0/s1. The molecule has 0 saturated carbocycles. The highest BCUT2D eigenvalue weighted by atomic mass is 32.2. The highest BCUT2D eigenvalue weighted by molar-refractivity contribution is 7.99. The third kappa shape index (κ3) is 4.02. The van der Waals surface area contributed by atoms with Crippen molar-refractivity contribution in [2.75, 3.05) is 39.0 Å². The second-order valence-corrected chi connectivity index (χ2v) is 7.51. The van der Waals surface area contributed by atoms with Crippen molar-refractivity contribution in [2.45, 2.75) is 30.7 Å². The van der Waals surface area contributed by atoms with E-state index in [0.717, 1.165) is 48.2 Å². The fraction of sp³-hybridized carbons (Fsp3) is 0.647. The van der Waals surface area contributed by atoms with Crippen LogP contribution in [0.25, 0.3) is 0 Å². The lowest BCUT2D eigenvalue weighted by atomic mass is 10.0. The molecule has 2 aliphatic rings. The molecule has 0 unspecified atom stereocenters. The zero-order valence-electron chi connectivity index (χ0n) is 13.3. The van der Waals surface area contributed by atoms with Crippen LogP contribution in [0.5, 0.6) is 0 Å². The van der Waals surface area contributed by atoms with Gasteiger partial charge in [0, 0.05) is 31.6 Å². The Bertz CT molecular complexity index is 499. The molecule has 0 aliphatic carbocycles. The Morgan fingerprint density at radius 2 is 2.09 bits per heavy atom. The summed E-state index contributed by atoms with van der Waals surface area (Å²) in [5.41, 5.74) is 0.726. The molecule has 0 radical (unpaired) electrons. The molecule has 1 aromatic rings. The molecular formula is C17H25N3OS. The van der Waals surface area contributed by atoms with Gasteiger partial charge >= 0.3 is 0 Å². The summed E-state index contributed by atoms with van der Waals surface area (Å²) in [4.78, 5) is 21.1. The largest absolute Gasteiger partial charge is 0.339 e. The third-order valence-corrected chi connectivity index (χ3v) is 5.74. The fourth-order valence-corrected chi connectivity index (χ4v) is 4.28. The first kappa shape index (κ1) is 15.8. The van der Waals surface area contributed by atoms with Crippen molar-refractivity contribution in [3.63, 3.8) is 0 Å². The summed E-state index contributed by atoms with van der Waals surface area (Å²) in [6.45, 7) is 4.21. The van der Waals surface area contributed by atoms with Crippen molar-refractivity contribution in [1.82, 2.24) is 14.8 Å². The first-order chi connectivity index (χ1) is 10.7. The van der Waals surface area contributed by atoms with Gasteiger partial charge in [-0.2, -0.15) is 0 Å². The van der Waals surface area contributed by atoms with Crippen molar-refractivity contribution < 1.29 is 4.79 Å². The number of thioether (sulfide) groups is 1. The summed E-state index contributed by atoms with van der Waals surface area (Å²) in [6.07, 6.45) is 6.63. The van der Waals surface area contributed by atoms with Gasteiger partial charge in [0.15, 0.2) is 0 Å². The van der Waals surface area contributed by atoms with Crippen LogP contribution in [0.1, 0.15) is 36.0 Å². The number of amides is 1. The Balaban J connectivity index is 1.51. The lowest BCUT2D eigenvalue weighted by molar-refractivity contribution is 0.0792. The summed E-state index contributed by atoms with van der Waals surface area (Å²) in [7, 11) is 2.20. The van der Waals surface area contributed by atoms with E-state index in [9.17, 15) is 4.79 Å². The molecule has 4 nitrogen and oxygen atoms in total. The molecule has 0 spiro atoms. The van der Waals surface area contributed by atoms with Crippen LogP contribution in [0.3, 0.4) is 0 Å². The Labute approximate surface area is 137 Å². The second kappa shape index (κ2) is 7.47. The average molecular weight is 319 g/mol. The number of rotatable bonds is 4. The molecular weight excluding hydrogens is 294 g/mol. The number of hydrogen-bond donors (Lipinski definition) is 0. The monoisotopic (exact) mass is 319 g/mol. The molecule has 3 heterocycles.